The van der Waals surface area contributed by atoms with Crippen molar-refractivity contribution in [3.05, 3.63) is 24.3 Å². The number of halogens is 3. The van der Waals surface area contributed by atoms with Gasteiger partial charge in [-0.3, -0.25) is 0 Å². The predicted molar refractivity (Wildman–Crippen MR) is 70.5 cm³/mol. The highest BCUT2D eigenvalue weighted by Crippen LogP contribution is 2.26. The highest BCUT2D eigenvalue weighted by atomic mass is 19.4. The number of benzene rings is 1. The van der Waals surface area contributed by atoms with Crippen LogP contribution in [0.15, 0.2) is 24.3 Å². The van der Waals surface area contributed by atoms with Crippen molar-refractivity contribution in [3.63, 3.8) is 0 Å². The van der Waals surface area contributed by atoms with Crippen LogP contribution in [0.25, 0.3) is 0 Å². The van der Waals surface area contributed by atoms with Gasteiger partial charge in [-0.15, -0.1) is 0 Å². The van der Waals surface area contributed by atoms with Crippen LogP contribution >= 0.6 is 0 Å². The molecule has 0 saturated heterocycles. The number of ether oxygens (including phenoxy) is 1. The first-order chi connectivity index (χ1) is 9.36. The molecule has 110 valence electrons. The Morgan fingerprint density at radius 3 is 2.65 bits per heavy atom. The van der Waals surface area contributed by atoms with Gasteiger partial charge in [-0.05, 0) is 25.5 Å². The van der Waals surface area contributed by atoms with Gasteiger partial charge in [0.1, 0.15) is 5.75 Å². The molecule has 0 spiro atoms. The van der Waals surface area contributed by atoms with E-state index in [-0.39, 0.29) is 6.10 Å². The Morgan fingerprint density at radius 2 is 2.10 bits per heavy atom. The average molecular weight is 286 g/mol. The number of nitrogens with zero attached hydrogens (tertiary/aromatic N) is 1. The molecular formula is C14H17F3N2O. The number of hydrogen-bond donors (Lipinski definition) is 1. The molecule has 1 aromatic carbocycles. The van der Waals surface area contributed by atoms with Crippen molar-refractivity contribution in [2.75, 3.05) is 11.9 Å². The maximum atomic E-state index is 12.4. The van der Waals surface area contributed by atoms with Crippen molar-refractivity contribution in [1.82, 2.24) is 0 Å². The lowest BCUT2D eigenvalue weighted by molar-refractivity contribution is -0.155. The van der Waals surface area contributed by atoms with Gasteiger partial charge in [-0.25, -0.2) is 0 Å². The fourth-order valence-corrected chi connectivity index (χ4v) is 1.45. The summed E-state index contributed by atoms with van der Waals surface area (Å²) in [6.45, 7) is 3.41. The van der Waals surface area contributed by atoms with E-state index in [0.717, 1.165) is 6.42 Å². The monoisotopic (exact) mass is 286 g/mol. The second-order valence-corrected chi connectivity index (χ2v) is 4.47. The maximum absolute atomic E-state index is 12.4. The van der Waals surface area contributed by atoms with Gasteiger partial charge in [0.05, 0.1) is 12.2 Å². The van der Waals surface area contributed by atoms with E-state index in [1.165, 1.54) is 6.07 Å². The van der Waals surface area contributed by atoms with Crippen LogP contribution in [0.4, 0.5) is 18.9 Å². The number of hydrogen-bond acceptors (Lipinski definition) is 3. The van der Waals surface area contributed by atoms with E-state index in [4.69, 9.17) is 10.00 Å². The van der Waals surface area contributed by atoms with Crippen molar-refractivity contribution in [2.24, 2.45) is 5.92 Å². The van der Waals surface area contributed by atoms with Gasteiger partial charge in [-0.1, -0.05) is 13.0 Å². The minimum absolute atomic E-state index is 0.0345. The molecule has 0 saturated carbocycles. The summed E-state index contributed by atoms with van der Waals surface area (Å²) in [7, 11) is 0. The molecule has 0 aromatic heterocycles. The minimum Gasteiger partial charge on any atom is -0.491 e. The standard InChI is InChI=1S/C14H17F3N2O/c1-3-10(2)20-13-6-4-5-12(7-13)19-9-11(8-18)14(15,16)17/h4-7,10-11,19H,3,9H2,1-2H3. The predicted octanol–water partition coefficient (Wildman–Crippen LogP) is 3.98. The molecule has 0 bridgehead atoms. The fraction of sp³-hybridized carbons (Fsp3) is 0.500. The largest absolute Gasteiger partial charge is 0.491 e. The maximum Gasteiger partial charge on any atom is 0.406 e. The average Bonchev–Trinajstić information content (AvgIpc) is 2.38. The summed E-state index contributed by atoms with van der Waals surface area (Å²) in [5, 5.41) is 11.1. The van der Waals surface area contributed by atoms with Crippen LogP contribution in [0.5, 0.6) is 5.75 Å². The quantitative estimate of drug-likeness (QED) is 0.860. The third-order valence-corrected chi connectivity index (χ3v) is 2.81. The molecule has 0 aliphatic rings. The fourth-order valence-electron chi connectivity index (χ4n) is 1.45. The first-order valence-corrected chi connectivity index (χ1v) is 6.33. The van der Waals surface area contributed by atoms with Crippen LogP contribution in [0.3, 0.4) is 0 Å². The normalized spacial score (nSPS) is 14.2. The lowest BCUT2D eigenvalue weighted by Gasteiger charge is -2.16. The lowest BCUT2D eigenvalue weighted by atomic mass is 10.1. The molecule has 6 heteroatoms. The number of nitriles is 1. The van der Waals surface area contributed by atoms with E-state index in [1.54, 1.807) is 24.3 Å². The first kappa shape index (κ1) is 16.2. The molecule has 0 aliphatic carbocycles. The van der Waals surface area contributed by atoms with Gasteiger partial charge in [0, 0.05) is 18.3 Å². The number of rotatable bonds is 6. The van der Waals surface area contributed by atoms with E-state index < -0.39 is 18.6 Å². The SMILES string of the molecule is CCC(C)Oc1cccc(NCC(C#N)C(F)(F)F)c1. The van der Waals surface area contributed by atoms with Gasteiger partial charge in [-0.2, -0.15) is 18.4 Å². The number of alkyl halides is 3. The lowest BCUT2D eigenvalue weighted by Crippen LogP contribution is -2.28. The Labute approximate surface area is 116 Å². The summed E-state index contributed by atoms with van der Waals surface area (Å²) in [4.78, 5) is 0. The Balaban J connectivity index is 2.65. The van der Waals surface area contributed by atoms with E-state index in [1.807, 2.05) is 13.8 Å². The zero-order valence-corrected chi connectivity index (χ0v) is 11.4. The second-order valence-electron chi connectivity index (χ2n) is 4.47. The van der Waals surface area contributed by atoms with Crippen LogP contribution in [-0.2, 0) is 0 Å². The first-order valence-electron chi connectivity index (χ1n) is 6.33. The van der Waals surface area contributed by atoms with Crippen molar-refractivity contribution >= 4 is 5.69 Å². The Bertz CT molecular complexity index is 468. The molecule has 1 aromatic rings. The molecular weight excluding hydrogens is 269 g/mol. The molecule has 0 amide bonds. The van der Waals surface area contributed by atoms with Crippen LogP contribution < -0.4 is 10.1 Å². The van der Waals surface area contributed by atoms with E-state index >= 15 is 0 Å². The highest BCUT2D eigenvalue weighted by molar-refractivity contribution is 5.48. The zero-order chi connectivity index (χ0) is 15.2. The molecule has 0 radical (unpaired) electrons. The third kappa shape index (κ3) is 5.00. The van der Waals surface area contributed by atoms with Gasteiger partial charge < -0.3 is 10.1 Å². The van der Waals surface area contributed by atoms with Crippen LogP contribution in [-0.4, -0.2) is 18.8 Å². The molecule has 1 N–H and O–H groups in total. The van der Waals surface area contributed by atoms with Crippen LogP contribution in [0.1, 0.15) is 20.3 Å². The van der Waals surface area contributed by atoms with Gasteiger partial charge in [0.2, 0.25) is 0 Å². The molecule has 20 heavy (non-hydrogen) atoms. The summed E-state index contributed by atoms with van der Waals surface area (Å²) >= 11 is 0. The van der Waals surface area contributed by atoms with Gasteiger partial charge in [0.15, 0.2) is 5.92 Å². The molecule has 2 atom stereocenters. The molecule has 3 nitrogen and oxygen atoms in total. The molecule has 0 heterocycles. The second kappa shape index (κ2) is 7.04. The van der Waals surface area contributed by atoms with Crippen LogP contribution in [0, 0.1) is 17.2 Å². The minimum atomic E-state index is -4.52. The highest BCUT2D eigenvalue weighted by Gasteiger charge is 2.39. The van der Waals surface area contributed by atoms with E-state index in [2.05, 4.69) is 5.32 Å². The molecule has 2 unspecified atom stereocenters. The summed E-state index contributed by atoms with van der Waals surface area (Å²) in [5.74, 6) is -1.44. The van der Waals surface area contributed by atoms with Crippen molar-refractivity contribution in [1.29, 1.82) is 5.26 Å². The Hall–Kier alpha value is -1.90. The summed E-state index contributed by atoms with van der Waals surface area (Å²) in [5.41, 5.74) is 0.496. The van der Waals surface area contributed by atoms with E-state index in [9.17, 15) is 13.2 Å². The van der Waals surface area contributed by atoms with Gasteiger partial charge >= 0.3 is 6.18 Å². The van der Waals surface area contributed by atoms with Crippen LogP contribution in [0.2, 0.25) is 0 Å². The third-order valence-electron chi connectivity index (χ3n) is 2.81. The van der Waals surface area contributed by atoms with Gasteiger partial charge in [0.25, 0.3) is 0 Å². The molecule has 0 aliphatic heterocycles. The number of nitrogens with one attached hydrogen (secondary N) is 1. The van der Waals surface area contributed by atoms with E-state index in [0.29, 0.717) is 11.4 Å². The smallest absolute Gasteiger partial charge is 0.406 e. The van der Waals surface area contributed by atoms with Crippen molar-refractivity contribution in [3.8, 4) is 11.8 Å². The zero-order valence-electron chi connectivity index (χ0n) is 11.4. The number of anilines is 1. The van der Waals surface area contributed by atoms with Crippen molar-refractivity contribution in [2.45, 2.75) is 32.5 Å². The Kier molecular flexibility index (Phi) is 5.68. The molecule has 1 rings (SSSR count). The summed E-state index contributed by atoms with van der Waals surface area (Å²) in [6.07, 6.45) is -3.65. The summed E-state index contributed by atoms with van der Waals surface area (Å²) in [6, 6.07) is 7.93. The topological polar surface area (TPSA) is 45.0 Å². The summed E-state index contributed by atoms with van der Waals surface area (Å²) < 4.78 is 42.9. The molecule has 0 fully saturated rings. The Morgan fingerprint density at radius 1 is 1.40 bits per heavy atom. The van der Waals surface area contributed by atoms with Crippen molar-refractivity contribution < 1.29 is 17.9 Å².